The number of aromatic nitrogens is 2. The summed E-state index contributed by atoms with van der Waals surface area (Å²) in [7, 11) is 0. The van der Waals surface area contributed by atoms with Crippen LogP contribution in [0.3, 0.4) is 0 Å². The number of hydrogen-bond acceptors (Lipinski definition) is 1. The van der Waals surface area contributed by atoms with Gasteiger partial charge >= 0.3 is 0 Å². The van der Waals surface area contributed by atoms with E-state index in [1.807, 2.05) is 0 Å². The molecule has 2 heterocycles. The van der Waals surface area contributed by atoms with E-state index in [-0.39, 0.29) is 17.4 Å². The summed E-state index contributed by atoms with van der Waals surface area (Å²) in [5.41, 5.74) is 4.67. The van der Waals surface area contributed by atoms with Gasteiger partial charge in [0.1, 0.15) is 11.6 Å². The van der Waals surface area contributed by atoms with Crippen LogP contribution in [0.25, 0.3) is 43.6 Å². The van der Waals surface area contributed by atoms with Crippen LogP contribution in [0.15, 0.2) is 36.4 Å². The number of Topliss-reactive ketones (excluding diaryl/α,β-unsaturated/α-hetero) is 1. The van der Waals surface area contributed by atoms with Crippen molar-refractivity contribution in [1.29, 1.82) is 0 Å². The van der Waals surface area contributed by atoms with Gasteiger partial charge in [0.25, 0.3) is 0 Å². The van der Waals surface area contributed by atoms with E-state index in [4.69, 9.17) is 0 Å². The van der Waals surface area contributed by atoms with Gasteiger partial charge in [-0.15, -0.1) is 0 Å². The molecule has 0 spiro atoms. The Morgan fingerprint density at radius 2 is 1.35 bits per heavy atom. The lowest BCUT2D eigenvalue weighted by atomic mass is 9.97. The summed E-state index contributed by atoms with van der Waals surface area (Å²) >= 11 is 0. The van der Waals surface area contributed by atoms with Crippen LogP contribution in [0.1, 0.15) is 22.3 Å². The lowest BCUT2D eigenvalue weighted by Crippen LogP contribution is -1.93. The molecule has 0 atom stereocenters. The lowest BCUT2D eigenvalue weighted by Gasteiger charge is -2.05. The van der Waals surface area contributed by atoms with Crippen LogP contribution in [0.5, 0.6) is 0 Å². The number of halogens is 2. The molecule has 0 unspecified atom stereocenters. The maximum atomic E-state index is 13.7. The zero-order chi connectivity index (χ0) is 17.6. The lowest BCUT2D eigenvalue weighted by molar-refractivity contribution is 0.0996. The van der Waals surface area contributed by atoms with E-state index in [0.29, 0.717) is 23.9 Å². The van der Waals surface area contributed by atoms with Crippen LogP contribution in [-0.2, 0) is 6.42 Å². The fraction of sp³-hybridized carbons (Fsp3) is 0.0952. The molecule has 2 N–H and O–H groups in total. The van der Waals surface area contributed by atoms with E-state index in [2.05, 4.69) is 9.97 Å². The first-order valence-electron chi connectivity index (χ1n) is 8.52. The molecule has 1 aliphatic rings. The predicted octanol–water partition coefficient (Wildman–Crippen LogP) is 5.36. The number of benzene rings is 3. The van der Waals surface area contributed by atoms with Crippen LogP contribution < -0.4 is 0 Å². The van der Waals surface area contributed by atoms with Crippen molar-refractivity contribution in [3.8, 4) is 0 Å². The minimum absolute atomic E-state index is 0.105. The van der Waals surface area contributed by atoms with Gasteiger partial charge in [0.2, 0.25) is 0 Å². The SMILES string of the molecule is O=C1CCc2c1c1c3ccc(F)cc3[nH]c1c1[nH]c3cc(F)ccc3c21. The molecule has 6 rings (SSSR count). The molecule has 0 fully saturated rings. The molecule has 3 nitrogen and oxygen atoms in total. The van der Waals surface area contributed by atoms with E-state index in [0.717, 1.165) is 43.7 Å². The Kier molecular flexibility index (Phi) is 2.42. The third kappa shape index (κ3) is 1.58. The number of fused-ring (bicyclic) bond motifs is 10. The summed E-state index contributed by atoms with van der Waals surface area (Å²) in [6, 6.07) is 9.21. The van der Waals surface area contributed by atoms with Crippen LogP contribution in [0.2, 0.25) is 0 Å². The third-order valence-corrected chi connectivity index (χ3v) is 5.51. The van der Waals surface area contributed by atoms with Gasteiger partial charge in [-0.1, -0.05) is 0 Å². The molecule has 0 amide bonds. The van der Waals surface area contributed by atoms with E-state index in [9.17, 15) is 13.6 Å². The van der Waals surface area contributed by atoms with Crippen molar-refractivity contribution < 1.29 is 13.6 Å². The van der Waals surface area contributed by atoms with Crippen molar-refractivity contribution in [1.82, 2.24) is 9.97 Å². The molecule has 0 saturated carbocycles. The first-order chi connectivity index (χ1) is 12.6. The maximum Gasteiger partial charge on any atom is 0.164 e. The van der Waals surface area contributed by atoms with Crippen LogP contribution in [-0.4, -0.2) is 15.8 Å². The number of nitrogens with one attached hydrogen (secondary N) is 2. The summed E-state index contributed by atoms with van der Waals surface area (Å²) in [4.78, 5) is 19.3. The van der Waals surface area contributed by atoms with Gasteiger partial charge < -0.3 is 9.97 Å². The Bertz CT molecular complexity index is 1420. The van der Waals surface area contributed by atoms with Gasteiger partial charge in [-0.2, -0.15) is 0 Å². The summed E-state index contributed by atoms with van der Waals surface area (Å²) in [6.45, 7) is 0. The number of aromatic amines is 2. The highest BCUT2D eigenvalue weighted by atomic mass is 19.1. The average Bonchev–Trinajstić information content (AvgIpc) is 3.26. The maximum absolute atomic E-state index is 13.7. The molecular weight excluding hydrogens is 334 g/mol. The van der Waals surface area contributed by atoms with Crippen molar-refractivity contribution in [3.63, 3.8) is 0 Å². The van der Waals surface area contributed by atoms with Gasteiger partial charge in [0.05, 0.1) is 11.0 Å². The highest BCUT2D eigenvalue weighted by Gasteiger charge is 2.29. The average molecular weight is 346 g/mol. The van der Waals surface area contributed by atoms with Crippen molar-refractivity contribution in [3.05, 3.63) is 59.2 Å². The summed E-state index contributed by atoms with van der Waals surface area (Å²) in [5.74, 6) is -0.540. The quantitative estimate of drug-likeness (QED) is 0.389. The number of H-pyrrole nitrogens is 2. The van der Waals surface area contributed by atoms with Crippen molar-refractivity contribution in [2.75, 3.05) is 0 Å². The zero-order valence-corrected chi connectivity index (χ0v) is 13.5. The molecule has 0 aliphatic heterocycles. The second-order valence-corrected chi connectivity index (χ2v) is 6.91. The van der Waals surface area contributed by atoms with Crippen LogP contribution in [0, 0.1) is 11.6 Å². The normalized spacial score (nSPS) is 14.3. The van der Waals surface area contributed by atoms with Gasteiger partial charge in [0, 0.05) is 44.6 Å². The number of hydrogen-bond donors (Lipinski definition) is 2. The highest BCUT2D eigenvalue weighted by Crippen LogP contribution is 2.43. The first kappa shape index (κ1) is 14.0. The van der Waals surface area contributed by atoms with Gasteiger partial charge in [-0.3, -0.25) is 4.79 Å². The second-order valence-electron chi connectivity index (χ2n) is 6.91. The Morgan fingerprint density at radius 1 is 0.769 bits per heavy atom. The van der Waals surface area contributed by atoms with Gasteiger partial charge in [-0.05, 0) is 48.4 Å². The number of carbonyl (C=O) groups excluding carboxylic acids is 1. The monoisotopic (exact) mass is 346 g/mol. The van der Waals surface area contributed by atoms with E-state index >= 15 is 0 Å². The Labute approximate surface area is 145 Å². The van der Waals surface area contributed by atoms with E-state index < -0.39 is 0 Å². The van der Waals surface area contributed by atoms with Gasteiger partial charge in [0.15, 0.2) is 5.78 Å². The summed E-state index contributed by atoms with van der Waals surface area (Å²) < 4.78 is 27.4. The topological polar surface area (TPSA) is 48.6 Å². The highest BCUT2D eigenvalue weighted by molar-refractivity contribution is 6.30. The molecule has 26 heavy (non-hydrogen) atoms. The molecule has 126 valence electrons. The van der Waals surface area contributed by atoms with Crippen molar-refractivity contribution in [2.45, 2.75) is 12.8 Å². The largest absolute Gasteiger partial charge is 0.353 e. The molecule has 3 aromatic carbocycles. The van der Waals surface area contributed by atoms with E-state index in [1.165, 1.54) is 24.3 Å². The Morgan fingerprint density at radius 3 is 2.00 bits per heavy atom. The number of carbonyl (C=O) groups is 1. The first-order valence-corrected chi connectivity index (χ1v) is 8.52. The second kappa shape index (κ2) is 4.49. The smallest absolute Gasteiger partial charge is 0.164 e. The van der Waals surface area contributed by atoms with Crippen LogP contribution >= 0.6 is 0 Å². The molecule has 5 aromatic rings. The fourth-order valence-electron chi connectivity index (χ4n) is 4.48. The Hall–Kier alpha value is -3.21. The van der Waals surface area contributed by atoms with Crippen molar-refractivity contribution >= 4 is 49.4 Å². The van der Waals surface area contributed by atoms with Gasteiger partial charge in [-0.25, -0.2) is 8.78 Å². The number of aryl methyl sites for hydroxylation is 1. The molecule has 0 saturated heterocycles. The molecule has 0 radical (unpaired) electrons. The Balaban J connectivity index is 1.96. The standard InChI is InChI=1S/C21H12F2N2O/c22-9-1-3-11-14(7-9)24-20-17(11)13-5-6-16(26)18(13)19-12-4-2-10(23)8-15(12)25-21(19)20/h1-4,7-8,24-25H,5-6H2. The molecular formula is C21H12F2N2O. The number of rotatable bonds is 0. The molecule has 5 heteroatoms. The van der Waals surface area contributed by atoms with Crippen molar-refractivity contribution in [2.24, 2.45) is 0 Å². The number of ketones is 1. The molecule has 0 bridgehead atoms. The minimum atomic E-state index is -0.331. The molecule has 1 aliphatic carbocycles. The summed E-state index contributed by atoms with van der Waals surface area (Å²) in [5, 5.41) is 3.52. The zero-order valence-electron chi connectivity index (χ0n) is 13.5. The summed E-state index contributed by atoms with van der Waals surface area (Å²) in [6.07, 6.45) is 1.13. The molecule has 2 aromatic heterocycles. The van der Waals surface area contributed by atoms with Crippen LogP contribution in [0.4, 0.5) is 8.78 Å². The predicted molar refractivity (Wildman–Crippen MR) is 97.7 cm³/mol. The third-order valence-electron chi connectivity index (χ3n) is 5.51. The van der Waals surface area contributed by atoms with E-state index in [1.54, 1.807) is 12.1 Å². The fourth-order valence-corrected chi connectivity index (χ4v) is 4.48. The minimum Gasteiger partial charge on any atom is -0.353 e.